The summed E-state index contributed by atoms with van der Waals surface area (Å²) < 4.78 is 30.5. The molecular weight excluding hydrogens is 396 g/mol. The number of aliphatic hydroxyl groups is 1. The van der Waals surface area contributed by atoms with Gasteiger partial charge in [0.25, 0.3) is 0 Å². The van der Waals surface area contributed by atoms with Crippen LogP contribution in [0.2, 0.25) is 0 Å². The highest BCUT2D eigenvalue weighted by Gasteiger charge is 2.31. The van der Waals surface area contributed by atoms with Crippen molar-refractivity contribution >= 4 is 0 Å². The number of benzene rings is 1. The van der Waals surface area contributed by atoms with E-state index in [1.54, 1.807) is 9.36 Å². The molecule has 0 saturated heterocycles. The van der Waals surface area contributed by atoms with Crippen LogP contribution < -0.4 is 0 Å². The van der Waals surface area contributed by atoms with Crippen LogP contribution in [0.5, 0.6) is 0 Å². The fourth-order valence-electron chi connectivity index (χ4n) is 3.49. The molecule has 0 amide bonds. The predicted molar refractivity (Wildman–Crippen MR) is 97.6 cm³/mol. The second-order valence-corrected chi connectivity index (χ2v) is 7.90. The van der Waals surface area contributed by atoms with Crippen molar-refractivity contribution in [3.63, 3.8) is 0 Å². The van der Waals surface area contributed by atoms with Gasteiger partial charge < -0.3 is 5.11 Å². The standard InChI is InChI=1S/C18H21F2N9O/c19-14-6-1-11(7-15(14)20)16(30)8-27(9-17-21-23-25-28(17)12-2-3-12)10-18-22-24-26-29(18)13-4-5-13/h1,6-7,12-13,16,30H,2-5,8-10H2/t16-/m1/s1. The Labute approximate surface area is 170 Å². The van der Waals surface area contributed by atoms with Crippen LogP contribution in [0.1, 0.15) is 61.1 Å². The average Bonchev–Trinajstić information content (AvgIpc) is 3.66. The third kappa shape index (κ3) is 4.05. The maximum absolute atomic E-state index is 13.6. The first-order valence-corrected chi connectivity index (χ1v) is 9.97. The minimum absolute atomic E-state index is 0.153. The van der Waals surface area contributed by atoms with Crippen molar-refractivity contribution in [2.75, 3.05) is 6.54 Å². The van der Waals surface area contributed by atoms with Gasteiger partial charge in [-0.25, -0.2) is 18.1 Å². The molecule has 0 unspecified atom stereocenters. The number of halogens is 2. The molecule has 30 heavy (non-hydrogen) atoms. The van der Waals surface area contributed by atoms with Crippen molar-refractivity contribution < 1.29 is 13.9 Å². The predicted octanol–water partition coefficient (Wildman–Crippen LogP) is 1.34. The van der Waals surface area contributed by atoms with Gasteiger partial charge in [0.2, 0.25) is 0 Å². The van der Waals surface area contributed by atoms with E-state index in [0.717, 1.165) is 37.8 Å². The summed E-state index contributed by atoms with van der Waals surface area (Å²) in [4.78, 5) is 1.92. The number of aromatic nitrogens is 8. The molecule has 0 spiro atoms. The lowest BCUT2D eigenvalue weighted by Crippen LogP contribution is -2.31. The quantitative estimate of drug-likeness (QED) is 0.555. The Bertz CT molecular complexity index is 978. The van der Waals surface area contributed by atoms with Gasteiger partial charge in [-0.1, -0.05) is 6.07 Å². The number of tetrazole rings is 2. The molecule has 0 aliphatic heterocycles. The molecule has 0 radical (unpaired) electrons. The van der Waals surface area contributed by atoms with E-state index in [2.05, 4.69) is 31.1 Å². The minimum Gasteiger partial charge on any atom is -0.387 e. The van der Waals surface area contributed by atoms with E-state index in [4.69, 9.17) is 0 Å². The van der Waals surface area contributed by atoms with Gasteiger partial charge in [0.15, 0.2) is 23.3 Å². The summed E-state index contributed by atoms with van der Waals surface area (Å²) in [5.74, 6) is -0.579. The molecule has 158 valence electrons. The molecule has 12 heteroatoms. The van der Waals surface area contributed by atoms with Gasteiger partial charge in [-0.05, 0) is 64.2 Å². The number of rotatable bonds is 9. The number of aliphatic hydroxyl groups excluding tert-OH is 1. The lowest BCUT2D eigenvalue weighted by molar-refractivity contribution is 0.0992. The molecule has 2 fully saturated rings. The van der Waals surface area contributed by atoms with Crippen LogP contribution in [0.4, 0.5) is 8.78 Å². The molecule has 1 N–H and O–H groups in total. The van der Waals surface area contributed by atoms with Gasteiger partial charge in [0, 0.05) is 6.54 Å². The highest BCUT2D eigenvalue weighted by Crippen LogP contribution is 2.36. The van der Waals surface area contributed by atoms with Crippen LogP contribution >= 0.6 is 0 Å². The molecule has 2 saturated carbocycles. The molecule has 1 aromatic carbocycles. The summed E-state index contributed by atoms with van der Waals surface area (Å²) in [6, 6.07) is 4.03. The maximum atomic E-state index is 13.6. The molecule has 2 aliphatic carbocycles. The molecule has 2 aromatic heterocycles. The highest BCUT2D eigenvalue weighted by atomic mass is 19.2. The third-order valence-electron chi connectivity index (χ3n) is 5.40. The second-order valence-electron chi connectivity index (χ2n) is 7.90. The van der Waals surface area contributed by atoms with Crippen molar-refractivity contribution in [2.45, 2.75) is 57.0 Å². The smallest absolute Gasteiger partial charge is 0.165 e. The van der Waals surface area contributed by atoms with Crippen molar-refractivity contribution in [2.24, 2.45) is 0 Å². The largest absolute Gasteiger partial charge is 0.387 e. The van der Waals surface area contributed by atoms with E-state index in [-0.39, 0.29) is 6.54 Å². The number of hydrogen-bond donors (Lipinski definition) is 1. The molecular formula is C18H21F2N9O. The van der Waals surface area contributed by atoms with Crippen molar-refractivity contribution in [3.05, 3.63) is 47.0 Å². The summed E-state index contributed by atoms with van der Waals surface area (Å²) >= 11 is 0. The van der Waals surface area contributed by atoms with Gasteiger partial charge in [0.1, 0.15) is 0 Å². The maximum Gasteiger partial charge on any atom is 0.165 e. The van der Waals surface area contributed by atoms with Crippen molar-refractivity contribution in [3.8, 4) is 0 Å². The van der Waals surface area contributed by atoms with Gasteiger partial charge in [-0.2, -0.15) is 0 Å². The van der Waals surface area contributed by atoms with Crippen LogP contribution in [-0.2, 0) is 13.1 Å². The zero-order valence-electron chi connectivity index (χ0n) is 16.1. The molecule has 3 aromatic rings. The van der Waals surface area contributed by atoms with E-state index in [0.29, 0.717) is 42.4 Å². The molecule has 0 bridgehead atoms. The van der Waals surface area contributed by atoms with Crippen LogP contribution in [0.25, 0.3) is 0 Å². The Kier molecular flexibility index (Phi) is 4.95. The SMILES string of the molecule is O[C@H](CN(Cc1nnnn1C1CC1)Cc1nnnn1C1CC1)c1ccc(F)c(F)c1. The summed E-state index contributed by atoms with van der Waals surface area (Å²) in [6.07, 6.45) is 3.12. The Morgan fingerprint density at radius 1 is 0.933 bits per heavy atom. The Balaban J connectivity index is 1.37. The fourth-order valence-corrected chi connectivity index (χ4v) is 3.49. The molecule has 10 nitrogen and oxygen atoms in total. The van der Waals surface area contributed by atoms with Crippen LogP contribution in [0.3, 0.4) is 0 Å². The van der Waals surface area contributed by atoms with Crippen LogP contribution in [0, 0.1) is 11.6 Å². The molecule has 1 atom stereocenters. The first-order valence-electron chi connectivity index (χ1n) is 9.97. The Morgan fingerprint density at radius 2 is 1.50 bits per heavy atom. The Morgan fingerprint density at radius 3 is 2.00 bits per heavy atom. The number of hydrogen-bond acceptors (Lipinski definition) is 8. The first kappa shape index (κ1) is 19.1. The van der Waals surface area contributed by atoms with E-state index < -0.39 is 17.7 Å². The lowest BCUT2D eigenvalue weighted by Gasteiger charge is -2.24. The van der Waals surface area contributed by atoms with Gasteiger partial charge >= 0.3 is 0 Å². The second kappa shape index (κ2) is 7.76. The molecule has 5 rings (SSSR count). The highest BCUT2D eigenvalue weighted by molar-refractivity contribution is 5.20. The topological polar surface area (TPSA) is 111 Å². The van der Waals surface area contributed by atoms with E-state index in [1.165, 1.54) is 6.07 Å². The van der Waals surface area contributed by atoms with Gasteiger partial charge in [-0.3, -0.25) is 4.90 Å². The minimum atomic E-state index is -1.03. The monoisotopic (exact) mass is 417 g/mol. The van der Waals surface area contributed by atoms with E-state index in [9.17, 15) is 13.9 Å². The van der Waals surface area contributed by atoms with Crippen LogP contribution in [-0.4, -0.2) is 57.0 Å². The van der Waals surface area contributed by atoms with Crippen LogP contribution in [0.15, 0.2) is 18.2 Å². The van der Waals surface area contributed by atoms with Crippen molar-refractivity contribution in [1.82, 2.24) is 45.3 Å². The zero-order chi connectivity index (χ0) is 20.7. The number of nitrogens with zero attached hydrogens (tertiary/aromatic N) is 9. The summed E-state index contributed by atoms with van der Waals surface area (Å²) in [5, 5.41) is 34.7. The first-order chi connectivity index (χ1) is 14.6. The molecule has 2 aliphatic rings. The average molecular weight is 417 g/mol. The normalized spacial score (nSPS) is 17.6. The van der Waals surface area contributed by atoms with Gasteiger partial charge in [-0.15, -0.1) is 10.2 Å². The fraction of sp³-hybridized carbons (Fsp3) is 0.556. The zero-order valence-corrected chi connectivity index (χ0v) is 16.1. The van der Waals surface area contributed by atoms with Gasteiger partial charge in [0.05, 0.1) is 31.3 Å². The lowest BCUT2D eigenvalue weighted by atomic mass is 10.1. The third-order valence-corrected chi connectivity index (χ3v) is 5.40. The van der Waals surface area contributed by atoms with Crippen molar-refractivity contribution in [1.29, 1.82) is 0 Å². The molecule has 2 heterocycles. The van der Waals surface area contributed by atoms with E-state index >= 15 is 0 Å². The summed E-state index contributed by atoms with van der Waals surface area (Å²) in [7, 11) is 0. The van der Waals surface area contributed by atoms with E-state index in [1.807, 2.05) is 4.90 Å². The summed E-state index contributed by atoms with van der Waals surface area (Å²) in [6.45, 7) is 0.879. The summed E-state index contributed by atoms with van der Waals surface area (Å²) in [5.41, 5.74) is 0.294. The Hall–Kier alpha value is -2.86.